The van der Waals surface area contributed by atoms with Gasteiger partial charge in [-0.2, -0.15) is 0 Å². The van der Waals surface area contributed by atoms with Crippen LogP contribution in [0, 0.1) is 0 Å². The van der Waals surface area contributed by atoms with E-state index in [1.165, 1.54) is 37.7 Å². The van der Waals surface area contributed by atoms with Gasteiger partial charge in [-0.15, -0.1) is 0 Å². The molecule has 2 saturated heterocycles. The Morgan fingerprint density at radius 2 is 1.67 bits per heavy atom. The predicted octanol–water partition coefficient (Wildman–Crippen LogP) is 2.42. The van der Waals surface area contributed by atoms with E-state index >= 15 is 0 Å². The van der Waals surface area contributed by atoms with E-state index in [0.717, 1.165) is 30.1 Å². The molecule has 3 fully saturated rings. The molecule has 2 nitrogen and oxygen atoms in total. The zero-order valence-electron chi connectivity index (χ0n) is 10.8. The van der Waals surface area contributed by atoms with Crippen LogP contribution in [0.5, 0.6) is 0 Å². The van der Waals surface area contributed by atoms with Crippen LogP contribution >= 0.6 is 0 Å². The third-order valence-electron chi connectivity index (χ3n) is 4.94. The molecule has 0 radical (unpaired) electrons. The van der Waals surface area contributed by atoms with Crippen LogP contribution in [0.4, 0.5) is 0 Å². The SMILES string of the molecule is c1ccc([C@@H]2C[C@H]2NC2CC3CCC(C2)N3)cc1. The molecule has 4 rings (SSSR count). The summed E-state index contributed by atoms with van der Waals surface area (Å²) in [6, 6.07) is 14.1. The Labute approximate surface area is 109 Å². The fourth-order valence-corrected chi connectivity index (χ4v) is 3.94. The van der Waals surface area contributed by atoms with Crippen LogP contribution in [0.15, 0.2) is 30.3 Å². The van der Waals surface area contributed by atoms with Gasteiger partial charge in [0.25, 0.3) is 0 Å². The molecule has 2 bridgehead atoms. The summed E-state index contributed by atoms with van der Waals surface area (Å²) in [5.74, 6) is 0.777. The third kappa shape index (κ3) is 2.08. The van der Waals surface area contributed by atoms with Crippen LogP contribution in [0.2, 0.25) is 0 Å². The molecule has 18 heavy (non-hydrogen) atoms. The number of hydrogen-bond acceptors (Lipinski definition) is 2. The molecule has 1 aliphatic carbocycles. The number of piperidine rings is 1. The summed E-state index contributed by atoms with van der Waals surface area (Å²) in [7, 11) is 0. The smallest absolute Gasteiger partial charge is 0.0145 e. The van der Waals surface area contributed by atoms with Crippen LogP contribution in [0.25, 0.3) is 0 Å². The monoisotopic (exact) mass is 242 g/mol. The first-order chi connectivity index (χ1) is 8.88. The molecule has 2 unspecified atom stereocenters. The Morgan fingerprint density at radius 3 is 2.39 bits per heavy atom. The van der Waals surface area contributed by atoms with Gasteiger partial charge < -0.3 is 10.6 Å². The molecule has 1 saturated carbocycles. The number of fused-ring (bicyclic) bond motifs is 2. The van der Waals surface area contributed by atoms with Gasteiger partial charge in [-0.05, 0) is 37.7 Å². The lowest BCUT2D eigenvalue weighted by Gasteiger charge is -2.30. The van der Waals surface area contributed by atoms with Crippen LogP contribution < -0.4 is 10.6 Å². The van der Waals surface area contributed by atoms with Gasteiger partial charge in [0, 0.05) is 30.1 Å². The molecule has 4 atom stereocenters. The van der Waals surface area contributed by atoms with Crippen molar-refractivity contribution in [3.8, 4) is 0 Å². The Kier molecular flexibility index (Phi) is 2.66. The number of rotatable bonds is 3. The second-order valence-corrected chi connectivity index (χ2v) is 6.33. The van der Waals surface area contributed by atoms with Gasteiger partial charge in [-0.3, -0.25) is 0 Å². The van der Waals surface area contributed by atoms with Crippen LogP contribution in [0.3, 0.4) is 0 Å². The quantitative estimate of drug-likeness (QED) is 0.850. The van der Waals surface area contributed by atoms with E-state index in [-0.39, 0.29) is 0 Å². The van der Waals surface area contributed by atoms with Crippen molar-refractivity contribution in [1.82, 2.24) is 10.6 Å². The molecular weight excluding hydrogens is 220 g/mol. The molecule has 2 heteroatoms. The lowest BCUT2D eigenvalue weighted by atomic mass is 9.99. The highest BCUT2D eigenvalue weighted by Gasteiger charge is 2.41. The third-order valence-corrected chi connectivity index (χ3v) is 4.94. The summed E-state index contributed by atoms with van der Waals surface area (Å²) in [5.41, 5.74) is 1.52. The van der Waals surface area contributed by atoms with Gasteiger partial charge in [0.05, 0.1) is 0 Å². The van der Waals surface area contributed by atoms with E-state index in [0.29, 0.717) is 0 Å². The standard InChI is InChI=1S/C16H22N2/c1-2-4-11(5-3-1)15-10-16(15)18-14-8-12-6-7-13(9-14)17-12/h1-5,12-18H,6-10H2/t12?,13?,14?,15-,16+/m0/s1. The van der Waals surface area contributed by atoms with E-state index in [1.807, 2.05) is 0 Å². The minimum Gasteiger partial charge on any atom is -0.311 e. The molecule has 1 aromatic carbocycles. The number of hydrogen-bond donors (Lipinski definition) is 2. The molecule has 2 heterocycles. The maximum Gasteiger partial charge on any atom is 0.0145 e. The first-order valence-electron chi connectivity index (χ1n) is 7.45. The molecule has 0 spiro atoms. The highest BCUT2D eigenvalue weighted by Crippen LogP contribution is 2.41. The first-order valence-corrected chi connectivity index (χ1v) is 7.45. The second kappa shape index (κ2) is 4.36. The molecular formula is C16H22N2. The average molecular weight is 242 g/mol. The van der Waals surface area contributed by atoms with E-state index in [1.54, 1.807) is 0 Å². The molecule has 96 valence electrons. The Bertz CT molecular complexity index is 404. The van der Waals surface area contributed by atoms with Crippen molar-refractivity contribution in [2.75, 3.05) is 0 Å². The minimum atomic E-state index is 0.745. The maximum atomic E-state index is 3.90. The van der Waals surface area contributed by atoms with Crippen molar-refractivity contribution in [2.45, 2.75) is 62.2 Å². The summed E-state index contributed by atoms with van der Waals surface area (Å²) in [5, 5.41) is 7.62. The number of nitrogens with one attached hydrogen (secondary N) is 2. The Balaban J connectivity index is 1.35. The van der Waals surface area contributed by atoms with E-state index < -0.39 is 0 Å². The van der Waals surface area contributed by atoms with Crippen molar-refractivity contribution in [1.29, 1.82) is 0 Å². The van der Waals surface area contributed by atoms with E-state index in [2.05, 4.69) is 41.0 Å². The summed E-state index contributed by atoms with van der Waals surface area (Å²) >= 11 is 0. The van der Waals surface area contributed by atoms with Crippen molar-refractivity contribution in [3.05, 3.63) is 35.9 Å². The van der Waals surface area contributed by atoms with Gasteiger partial charge in [0.1, 0.15) is 0 Å². The lowest BCUT2D eigenvalue weighted by Crippen LogP contribution is -2.47. The van der Waals surface area contributed by atoms with Crippen LogP contribution in [0.1, 0.15) is 43.6 Å². The summed E-state index contributed by atoms with van der Waals surface area (Å²) < 4.78 is 0. The van der Waals surface area contributed by atoms with Gasteiger partial charge in [0.2, 0.25) is 0 Å². The van der Waals surface area contributed by atoms with Crippen molar-refractivity contribution in [2.24, 2.45) is 0 Å². The van der Waals surface area contributed by atoms with Gasteiger partial charge >= 0.3 is 0 Å². The molecule has 0 aromatic heterocycles. The largest absolute Gasteiger partial charge is 0.311 e. The van der Waals surface area contributed by atoms with E-state index in [9.17, 15) is 0 Å². The highest BCUT2D eigenvalue weighted by molar-refractivity contribution is 5.27. The topological polar surface area (TPSA) is 24.1 Å². The van der Waals surface area contributed by atoms with Crippen molar-refractivity contribution in [3.63, 3.8) is 0 Å². The van der Waals surface area contributed by atoms with Crippen molar-refractivity contribution < 1.29 is 0 Å². The van der Waals surface area contributed by atoms with E-state index in [4.69, 9.17) is 0 Å². The Hall–Kier alpha value is -0.860. The average Bonchev–Trinajstić information content (AvgIpc) is 3.08. The molecule has 2 aliphatic heterocycles. The molecule has 0 amide bonds. The van der Waals surface area contributed by atoms with Crippen molar-refractivity contribution >= 4 is 0 Å². The summed E-state index contributed by atoms with van der Waals surface area (Å²) in [4.78, 5) is 0. The maximum absolute atomic E-state index is 3.90. The lowest BCUT2D eigenvalue weighted by molar-refractivity contribution is 0.315. The molecule has 3 aliphatic rings. The first kappa shape index (κ1) is 11.0. The second-order valence-electron chi connectivity index (χ2n) is 6.33. The zero-order valence-corrected chi connectivity index (χ0v) is 10.8. The fraction of sp³-hybridized carbons (Fsp3) is 0.625. The normalized spacial score (nSPS) is 41.9. The zero-order chi connectivity index (χ0) is 11.9. The van der Waals surface area contributed by atoms with Gasteiger partial charge in [-0.25, -0.2) is 0 Å². The molecule has 1 aromatic rings. The van der Waals surface area contributed by atoms with Crippen LogP contribution in [-0.4, -0.2) is 24.2 Å². The highest BCUT2D eigenvalue weighted by atomic mass is 15.1. The van der Waals surface area contributed by atoms with Gasteiger partial charge in [0.15, 0.2) is 0 Å². The Morgan fingerprint density at radius 1 is 0.944 bits per heavy atom. The predicted molar refractivity (Wildman–Crippen MR) is 73.7 cm³/mol. The van der Waals surface area contributed by atoms with Crippen LogP contribution in [-0.2, 0) is 0 Å². The minimum absolute atomic E-state index is 0.745. The van der Waals surface area contributed by atoms with Gasteiger partial charge in [-0.1, -0.05) is 30.3 Å². The summed E-state index contributed by atoms with van der Waals surface area (Å²) in [6.45, 7) is 0. The fourth-order valence-electron chi connectivity index (χ4n) is 3.94. The molecule has 2 N–H and O–H groups in total. The number of benzene rings is 1. The summed E-state index contributed by atoms with van der Waals surface area (Å²) in [6.07, 6.45) is 6.82.